The van der Waals surface area contributed by atoms with Gasteiger partial charge in [0.1, 0.15) is 10.6 Å². The van der Waals surface area contributed by atoms with Crippen molar-refractivity contribution in [3.05, 3.63) is 81.2 Å². The summed E-state index contributed by atoms with van der Waals surface area (Å²) in [6.45, 7) is 2.44. The largest absolute Gasteiger partial charge is 0.494 e. The molecule has 0 bridgehead atoms. The van der Waals surface area contributed by atoms with Crippen molar-refractivity contribution >= 4 is 38.9 Å². The average molecular weight is 425 g/mol. The van der Waals surface area contributed by atoms with Crippen LogP contribution < -0.4 is 10.3 Å². The van der Waals surface area contributed by atoms with E-state index in [1.165, 1.54) is 22.2 Å². The van der Waals surface area contributed by atoms with Crippen molar-refractivity contribution < 1.29 is 9.53 Å². The summed E-state index contributed by atoms with van der Waals surface area (Å²) in [6, 6.07) is 14.2. The van der Waals surface area contributed by atoms with Gasteiger partial charge in [0.05, 0.1) is 24.9 Å². The molecule has 0 spiro atoms. The van der Waals surface area contributed by atoms with Gasteiger partial charge in [-0.3, -0.25) is 14.2 Å². The van der Waals surface area contributed by atoms with Gasteiger partial charge in [0.2, 0.25) is 0 Å². The maximum Gasteiger partial charge on any atom is 0.263 e. The minimum Gasteiger partial charge on any atom is -0.494 e. The van der Waals surface area contributed by atoms with Crippen LogP contribution in [0.1, 0.15) is 17.3 Å². The number of hydrogen-bond donors (Lipinski definition) is 0. The summed E-state index contributed by atoms with van der Waals surface area (Å²) in [5.41, 5.74) is 1.97. The zero-order chi connectivity index (χ0) is 20.4. The molecule has 0 aliphatic heterocycles. The van der Waals surface area contributed by atoms with Gasteiger partial charge in [-0.25, -0.2) is 4.98 Å². The third kappa shape index (κ3) is 3.95. The number of hydrogen-bond acceptors (Lipinski definition) is 5. The van der Waals surface area contributed by atoms with Crippen LogP contribution in [0.15, 0.2) is 65.0 Å². The molecule has 0 fully saturated rings. The SMILES string of the molecule is CCOc1ccc(-c2csc3ncn(CC(=O)c4ccc(Cl)cc4)c(=O)c23)cc1. The molecule has 0 saturated heterocycles. The Labute approximate surface area is 176 Å². The summed E-state index contributed by atoms with van der Waals surface area (Å²) < 4.78 is 6.83. The number of ether oxygens (including phenoxy) is 1. The van der Waals surface area contributed by atoms with E-state index in [-0.39, 0.29) is 17.9 Å². The van der Waals surface area contributed by atoms with Gasteiger partial charge in [-0.2, -0.15) is 0 Å². The van der Waals surface area contributed by atoms with E-state index in [2.05, 4.69) is 4.98 Å². The highest BCUT2D eigenvalue weighted by atomic mass is 35.5. The van der Waals surface area contributed by atoms with E-state index >= 15 is 0 Å². The Hall–Kier alpha value is -2.96. The third-order valence-corrected chi connectivity index (χ3v) is 5.66. The molecule has 2 aromatic heterocycles. The Balaban J connectivity index is 1.70. The van der Waals surface area contributed by atoms with Gasteiger partial charge < -0.3 is 4.74 Å². The number of carbonyl (C=O) groups excluding carboxylic acids is 1. The minimum atomic E-state index is -0.234. The first kappa shape index (κ1) is 19.4. The van der Waals surface area contributed by atoms with Crippen molar-refractivity contribution in [1.82, 2.24) is 9.55 Å². The molecule has 146 valence electrons. The van der Waals surface area contributed by atoms with Crippen molar-refractivity contribution in [2.75, 3.05) is 6.61 Å². The molecule has 0 radical (unpaired) electrons. The number of Topliss-reactive ketones (excluding diaryl/α,β-unsaturated/α-hetero) is 1. The molecule has 0 atom stereocenters. The lowest BCUT2D eigenvalue weighted by Crippen LogP contribution is -2.24. The fourth-order valence-corrected chi connectivity index (χ4v) is 4.10. The van der Waals surface area contributed by atoms with E-state index in [9.17, 15) is 9.59 Å². The van der Waals surface area contributed by atoms with Crippen LogP contribution in [0.25, 0.3) is 21.3 Å². The standard InChI is InChI=1S/C22H17ClN2O3S/c1-2-28-17-9-5-14(6-10-17)18-12-29-21-20(18)22(27)25(13-24-21)11-19(26)15-3-7-16(23)8-4-15/h3-10,12-13H,2,11H2,1H3. The molecule has 4 rings (SSSR count). The van der Waals surface area contributed by atoms with Gasteiger partial charge in [0.15, 0.2) is 5.78 Å². The van der Waals surface area contributed by atoms with Gasteiger partial charge in [-0.05, 0) is 48.9 Å². The fourth-order valence-electron chi connectivity index (χ4n) is 3.07. The number of fused-ring (bicyclic) bond motifs is 1. The van der Waals surface area contributed by atoms with Crippen LogP contribution in [0.4, 0.5) is 0 Å². The van der Waals surface area contributed by atoms with Crippen molar-refractivity contribution in [2.24, 2.45) is 0 Å². The van der Waals surface area contributed by atoms with Gasteiger partial charge in [0.25, 0.3) is 5.56 Å². The predicted molar refractivity (Wildman–Crippen MR) is 116 cm³/mol. The highest BCUT2D eigenvalue weighted by molar-refractivity contribution is 7.17. The van der Waals surface area contributed by atoms with Crippen LogP contribution in [-0.2, 0) is 6.54 Å². The van der Waals surface area contributed by atoms with Crippen LogP contribution in [-0.4, -0.2) is 21.9 Å². The molecule has 4 aromatic rings. The second-order valence-corrected chi connectivity index (χ2v) is 7.69. The fraction of sp³-hybridized carbons (Fsp3) is 0.136. The van der Waals surface area contributed by atoms with Crippen LogP contribution in [0.5, 0.6) is 5.75 Å². The van der Waals surface area contributed by atoms with Gasteiger partial charge in [-0.15, -0.1) is 11.3 Å². The molecule has 29 heavy (non-hydrogen) atoms. The number of nitrogens with zero attached hydrogens (tertiary/aromatic N) is 2. The lowest BCUT2D eigenvalue weighted by Gasteiger charge is -2.07. The summed E-state index contributed by atoms with van der Waals surface area (Å²) in [5, 5.41) is 2.99. The quantitative estimate of drug-likeness (QED) is 0.406. The zero-order valence-electron chi connectivity index (χ0n) is 15.6. The van der Waals surface area contributed by atoms with Gasteiger partial charge in [-0.1, -0.05) is 23.7 Å². The van der Waals surface area contributed by atoms with Crippen LogP contribution in [0, 0.1) is 0 Å². The average Bonchev–Trinajstić information content (AvgIpc) is 3.16. The molecule has 0 amide bonds. The number of aromatic nitrogens is 2. The molecular weight excluding hydrogens is 408 g/mol. The summed E-state index contributed by atoms with van der Waals surface area (Å²) in [6.07, 6.45) is 1.43. The van der Waals surface area contributed by atoms with Crippen LogP contribution in [0.3, 0.4) is 0 Å². The van der Waals surface area contributed by atoms with Gasteiger partial charge >= 0.3 is 0 Å². The van der Waals surface area contributed by atoms with Gasteiger partial charge in [0, 0.05) is 21.5 Å². The Morgan fingerprint density at radius 1 is 1.14 bits per heavy atom. The number of halogens is 1. The van der Waals surface area contributed by atoms with E-state index in [0.717, 1.165) is 16.9 Å². The first-order chi connectivity index (χ1) is 14.1. The lowest BCUT2D eigenvalue weighted by atomic mass is 10.1. The Kier molecular flexibility index (Phi) is 5.47. The normalized spacial score (nSPS) is 11.0. The Bertz CT molecular complexity index is 1230. The third-order valence-electron chi connectivity index (χ3n) is 4.52. The number of thiophene rings is 1. The van der Waals surface area contributed by atoms with E-state index in [1.807, 2.05) is 36.6 Å². The number of ketones is 1. The monoisotopic (exact) mass is 424 g/mol. The van der Waals surface area contributed by atoms with E-state index in [0.29, 0.717) is 27.4 Å². The highest BCUT2D eigenvalue weighted by Gasteiger charge is 2.15. The first-order valence-corrected chi connectivity index (χ1v) is 10.3. The highest BCUT2D eigenvalue weighted by Crippen LogP contribution is 2.31. The molecule has 5 nitrogen and oxygen atoms in total. The molecule has 2 aromatic carbocycles. The molecule has 0 saturated carbocycles. The van der Waals surface area contributed by atoms with Crippen LogP contribution in [0.2, 0.25) is 5.02 Å². The van der Waals surface area contributed by atoms with E-state index in [4.69, 9.17) is 16.3 Å². The minimum absolute atomic E-state index is 0.0814. The zero-order valence-corrected chi connectivity index (χ0v) is 17.2. The smallest absolute Gasteiger partial charge is 0.263 e. The van der Waals surface area contributed by atoms with Crippen molar-refractivity contribution in [3.8, 4) is 16.9 Å². The molecule has 0 aliphatic carbocycles. The molecule has 0 aliphatic rings. The summed E-state index contributed by atoms with van der Waals surface area (Å²) >= 11 is 7.28. The summed E-state index contributed by atoms with van der Waals surface area (Å²) in [5.74, 6) is 0.600. The number of rotatable bonds is 6. The second kappa shape index (κ2) is 8.19. The number of benzene rings is 2. The molecule has 0 unspecified atom stereocenters. The maximum absolute atomic E-state index is 13.1. The lowest BCUT2D eigenvalue weighted by molar-refractivity contribution is 0.0970. The van der Waals surface area contributed by atoms with Crippen molar-refractivity contribution in [3.63, 3.8) is 0 Å². The maximum atomic E-state index is 13.1. The molecule has 7 heteroatoms. The van der Waals surface area contributed by atoms with E-state index < -0.39 is 0 Å². The van der Waals surface area contributed by atoms with E-state index in [1.54, 1.807) is 24.3 Å². The van der Waals surface area contributed by atoms with Crippen molar-refractivity contribution in [1.29, 1.82) is 0 Å². The van der Waals surface area contributed by atoms with Crippen LogP contribution >= 0.6 is 22.9 Å². The molecular formula is C22H17ClN2O3S. The Morgan fingerprint density at radius 3 is 2.55 bits per heavy atom. The second-order valence-electron chi connectivity index (χ2n) is 6.39. The molecule has 0 N–H and O–H groups in total. The van der Waals surface area contributed by atoms with Crippen molar-refractivity contribution in [2.45, 2.75) is 13.5 Å². The number of carbonyl (C=O) groups is 1. The summed E-state index contributed by atoms with van der Waals surface area (Å²) in [4.78, 5) is 30.7. The molecule has 2 heterocycles. The topological polar surface area (TPSA) is 61.2 Å². The Morgan fingerprint density at radius 2 is 1.86 bits per heavy atom. The first-order valence-electron chi connectivity index (χ1n) is 9.05. The summed E-state index contributed by atoms with van der Waals surface area (Å²) in [7, 11) is 0. The predicted octanol–water partition coefficient (Wildman–Crippen LogP) is 5.06.